The molecule has 0 atom stereocenters. The molecule has 0 radical (unpaired) electrons. The number of benzene rings is 2. The molecule has 194 valence electrons. The van der Waals surface area contributed by atoms with Crippen molar-refractivity contribution in [1.29, 1.82) is 0 Å². The van der Waals surface area contributed by atoms with Gasteiger partial charge in [0.25, 0.3) is 0 Å². The van der Waals surface area contributed by atoms with Crippen molar-refractivity contribution in [3.8, 4) is 5.75 Å². The molecule has 1 saturated heterocycles. The van der Waals surface area contributed by atoms with Crippen LogP contribution < -0.4 is 4.74 Å². The number of hydrogen-bond donors (Lipinski definition) is 1. The van der Waals surface area contributed by atoms with Gasteiger partial charge in [-0.05, 0) is 75.9 Å². The second kappa shape index (κ2) is 9.71. The van der Waals surface area contributed by atoms with Gasteiger partial charge in [-0.2, -0.15) is 0 Å². The SMILES string of the molecule is COc1ccc(CN2C[C@]3(CC[C@](c4ccccc4)(N(C)C)CC3)N(CC3(O)CCCC3)C2=O)cc1. The highest BCUT2D eigenvalue weighted by molar-refractivity contribution is 5.78. The van der Waals surface area contributed by atoms with Crippen molar-refractivity contribution < 1.29 is 14.6 Å². The van der Waals surface area contributed by atoms with Crippen LogP contribution in [0.4, 0.5) is 4.79 Å². The summed E-state index contributed by atoms with van der Waals surface area (Å²) in [6.07, 6.45) is 7.50. The van der Waals surface area contributed by atoms with Gasteiger partial charge in [-0.1, -0.05) is 55.3 Å². The van der Waals surface area contributed by atoms with Crippen LogP contribution in [0.3, 0.4) is 0 Å². The first-order valence-electron chi connectivity index (χ1n) is 13.4. The molecule has 3 fully saturated rings. The lowest BCUT2D eigenvalue weighted by Crippen LogP contribution is -2.58. The van der Waals surface area contributed by atoms with Gasteiger partial charge in [0, 0.05) is 18.6 Å². The summed E-state index contributed by atoms with van der Waals surface area (Å²) in [5.74, 6) is 0.821. The zero-order valence-electron chi connectivity index (χ0n) is 22.1. The van der Waals surface area contributed by atoms with Gasteiger partial charge in [-0.25, -0.2) is 4.79 Å². The molecule has 2 aromatic carbocycles. The summed E-state index contributed by atoms with van der Waals surface area (Å²) in [6, 6.07) is 18.9. The van der Waals surface area contributed by atoms with Gasteiger partial charge in [0.1, 0.15) is 5.75 Å². The van der Waals surface area contributed by atoms with Gasteiger partial charge in [0.05, 0.1) is 24.8 Å². The molecule has 6 nitrogen and oxygen atoms in total. The molecular weight excluding hydrogens is 450 g/mol. The lowest BCUT2D eigenvalue weighted by molar-refractivity contribution is -0.0259. The van der Waals surface area contributed by atoms with Crippen LogP contribution in [-0.2, 0) is 12.1 Å². The van der Waals surface area contributed by atoms with Gasteiger partial charge < -0.3 is 19.6 Å². The number of ether oxygens (including phenoxy) is 1. The maximum Gasteiger partial charge on any atom is 0.321 e. The lowest BCUT2D eigenvalue weighted by atomic mass is 9.68. The molecule has 0 unspecified atom stereocenters. The molecule has 2 aromatic rings. The number of carbonyl (C=O) groups is 1. The fourth-order valence-corrected chi connectivity index (χ4v) is 6.98. The Balaban J connectivity index is 1.42. The van der Waals surface area contributed by atoms with Crippen molar-refractivity contribution >= 4 is 6.03 Å². The van der Waals surface area contributed by atoms with Crippen molar-refractivity contribution in [2.45, 2.75) is 74.6 Å². The predicted octanol–water partition coefficient (Wildman–Crippen LogP) is 5.01. The van der Waals surface area contributed by atoms with Crippen LogP contribution in [-0.4, -0.2) is 71.3 Å². The maximum absolute atomic E-state index is 13.9. The highest BCUT2D eigenvalue weighted by atomic mass is 16.5. The van der Waals surface area contributed by atoms with E-state index in [4.69, 9.17) is 4.74 Å². The Morgan fingerprint density at radius 3 is 2.14 bits per heavy atom. The van der Waals surface area contributed by atoms with Crippen LogP contribution in [0.1, 0.15) is 62.5 Å². The molecule has 2 amide bonds. The van der Waals surface area contributed by atoms with E-state index in [9.17, 15) is 9.90 Å². The average molecular weight is 492 g/mol. The number of methoxy groups -OCH3 is 1. The van der Waals surface area contributed by atoms with Crippen LogP contribution in [0.15, 0.2) is 54.6 Å². The summed E-state index contributed by atoms with van der Waals surface area (Å²) in [6.45, 7) is 1.74. The molecule has 1 spiro atoms. The smallest absolute Gasteiger partial charge is 0.321 e. The number of nitrogens with zero attached hydrogens (tertiary/aromatic N) is 3. The molecule has 2 aliphatic carbocycles. The van der Waals surface area contributed by atoms with E-state index in [1.165, 1.54) is 5.56 Å². The van der Waals surface area contributed by atoms with E-state index < -0.39 is 5.60 Å². The Bertz CT molecular complexity index is 1040. The Morgan fingerprint density at radius 2 is 1.56 bits per heavy atom. The van der Waals surface area contributed by atoms with Crippen molar-refractivity contribution in [3.05, 3.63) is 65.7 Å². The monoisotopic (exact) mass is 491 g/mol. The Kier molecular flexibility index (Phi) is 6.77. The van der Waals surface area contributed by atoms with Gasteiger partial charge >= 0.3 is 6.03 Å². The van der Waals surface area contributed by atoms with E-state index in [1.54, 1.807) is 7.11 Å². The molecular formula is C30H41N3O3. The van der Waals surface area contributed by atoms with E-state index in [0.717, 1.165) is 62.7 Å². The second-order valence-electron chi connectivity index (χ2n) is 11.5. The summed E-state index contributed by atoms with van der Waals surface area (Å²) < 4.78 is 5.31. The van der Waals surface area contributed by atoms with Gasteiger partial charge in [0.15, 0.2) is 0 Å². The number of hydrogen-bond acceptors (Lipinski definition) is 4. The number of urea groups is 1. The van der Waals surface area contributed by atoms with E-state index in [-0.39, 0.29) is 17.1 Å². The zero-order valence-corrected chi connectivity index (χ0v) is 22.1. The minimum atomic E-state index is -0.756. The molecule has 1 heterocycles. The predicted molar refractivity (Wildman–Crippen MR) is 142 cm³/mol. The fourth-order valence-electron chi connectivity index (χ4n) is 6.98. The number of aliphatic hydroxyl groups is 1. The quantitative estimate of drug-likeness (QED) is 0.592. The highest BCUT2D eigenvalue weighted by Crippen LogP contribution is 2.50. The Hall–Kier alpha value is -2.57. The van der Waals surface area contributed by atoms with Gasteiger partial charge in [-0.15, -0.1) is 0 Å². The maximum atomic E-state index is 13.9. The van der Waals surface area contributed by atoms with Gasteiger partial charge in [0.2, 0.25) is 0 Å². The summed E-state index contributed by atoms with van der Waals surface area (Å²) in [5.41, 5.74) is 1.42. The molecule has 0 bridgehead atoms. The summed E-state index contributed by atoms with van der Waals surface area (Å²) in [5, 5.41) is 11.4. The van der Waals surface area contributed by atoms with E-state index in [0.29, 0.717) is 19.6 Å². The summed E-state index contributed by atoms with van der Waals surface area (Å²) >= 11 is 0. The molecule has 3 aliphatic rings. The van der Waals surface area contributed by atoms with Crippen molar-refractivity contribution in [1.82, 2.24) is 14.7 Å². The van der Waals surface area contributed by atoms with Crippen molar-refractivity contribution in [2.75, 3.05) is 34.3 Å². The minimum absolute atomic E-state index is 0.0328. The first-order chi connectivity index (χ1) is 17.3. The molecule has 2 saturated carbocycles. The van der Waals surface area contributed by atoms with Crippen LogP contribution in [0.25, 0.3) is 0 Å². The number of carbonyl (C=O) groups excluding carboxylic acids is 1. The van der Waals surface area contributed by atoms with E-state index in [1.807, 2.05) is 29.2 Å². The minimum Gasteiger partial charge on any atom is -0.497 e. The summed E-state index contributed by atoms with van der Waals surface area (Å²) in [4.78, 5) is 20.4. The molecule has 6 heteroatoms. The third-order valence-electron chi connectivity index (χ3n) is 9.25. The van der Waals surface area contributed by atoms with Crippen LogP contribution in [0.2, 0.25) is 0 Å². The highest BCUT2D eigenvalue weighted by Gasteiger charge is 2.56. The summed E-state index contributed by atoms with van der Waals surface area (Å²) in [7, 11) is 6.03. The number of β-amino-alcohol motifs (C(OH)–C–C–N with tert-alkyl or cyclic N) is 1. The zero-order chi connectivity index (χ0) is 25.4. The Morgan fingerprint density at radius 1 is 0.917 bits per heavy atom. The van der Waals surface area contributed by atoms with Crippen LogP contribution in [0.5, 0.6) is 5.75 Å². The largest absolute Gasteiger partial charge is 0.497 e. The molecule has 1 aliphatic heterocycles. The Labute approximate surface area is 215 Å². The normalized spacial score (nSPS) is 27.9. The standard InChI is InChI=1S/C30H41N3O3/c1-31(2)30(25-9-5-4-6-10-25)19-17-28(18-20-30)22-32(21-24-11-13-26(36-3)14-12-24)27(34)33(28)23-29(35)15-7-8-16-29/h4-6,9-14,35H,7-8,15-23H2,1-3H3/t28-,30+. The lowest BCUT2D eigenvalue weighted by Gasteiger charge is -2.51. The number of amides is 2. The first kappa shape index (κ1) is 25.1. The van der Waals surface area contributed by atoms with Gasteiger partial charge in [-0.3, -0.25) is 4.90 Å². The fraction of sp³-hybridized carbons (Fsp3) is 0.567. The second-order valence-corrected chi connectivity index (χ2v) is 11.5. The van der Waals surface area contributed by atoms with Crippen molar-refractivity contribution in [2.24, 2.45) is 0 Å². The first-order valence-corrected chi connectivity index (χ1v) is 13.4. The van der Waals surface area contributed by atoms with Crippen LogP contribution >= 0.6 is 0 Å². The third kappa shape index (κ3) is 4.50. The van der Waals surface area contributed by atoms with E-state index >= 15 is 0 Å². The topological polar surface area (TPSA) is 56.3 Å². The average Bonchev–Trinajstić information content (AvgIpc) is 3.43. The third-order valence-corrected chi connectivity index (χ3v) is 9.25. The molecule has 36 heavy (non-hydrogen) atoms. The van der Waals surface area contributed by atoms with Crippen LogP contribution in [0, 0.1) is 0 Å². The molecule has 0 aromatic heterocycles. The number of rotatable bonds is 7. The molecule has 1 N–H and O–H groups in total. The van der Waals surface area contributed by atoms with Crippen molar-refractivity contribution in [3.63, 3.8) is 0 Å². The van der Waals surface area contributed by atoms with E-state index in [2.05, 4.69) is 54.2 Å². The molecule has 5 rings (SSSR count).